The maximum absolute atomic E-state index is 13.6. The summed E-state index contributed by atoms with van der Waals surface area (Å²) < 4.78 is 40.1. The molecule has 0 aliphatic carbocycles. The molecular weight excluding hydrogens is 293 g/mol. The van der Waals surface area contributed by atoms with Crippen LogP contribution in [0.4, 0.5) is 13.2 Å². The van der Waals surface area contributed by atoms with E-state index in [9.17, 15) is 13.2 Å². The van der Waals surface area contributed by atoms with Crippen molar-refractivity contribution in [1.29, 1.82) is 0 Å². The van der Waals surface area contributed by atoms with Crippen LogP contribution in [0.5, 0.6) is 0 Å². The lowest BCUT2D eigenvalue weighted by Gasteiger charge is -2.13. The van der Waals surface area contributed by atoms with Gasteiger partial charge in [-0.3, -0.25) is 0 Å². The fourth-order valence-electron chi connectivity index (χ4n) is 1.74. The minimum absolute atomic E-state index is 0.333. The molecule has 0 heterocycles. The molecule has 1 atom stereocenters. The van der Waals surface area contributed by atoms with E-state index in [-0.39, 0.29) is 5.56 Å². The lowest BCUT2D eigenvalue weighted by Crippen LogP contribution is -2.02. The zero-order valence-corrected chi connectivity index (χ0v) is 11.5. The standard InChI is InChI=1S/C14H10ClF3S/c1-19-10-4-2-8(3-5-10)14(15)13-11(17)6-9(16)7-12(13)18/h2-7,14H,1H3. The second-order valence-corrected chi connectivity index (χ2v) is 5.23. The van der Waals surface area contributed by atoms with Crippen LogP contribution in [0.25, 0.3) is 0 Å². The normalized spacial score (nSPS) is 12.5. The van der Waals surface area contributed by atoms with Crippen molar-refractivity contribution in [3.8, 4) is 0 Å². The first kappa shape index (κ1) is 14.3. The Balaban J connectivity index is 2.40. The average Bonchev–Trinajstić information content (AvgIpc) is 2.37. The van der Waals surface area contributed by atoms with Crippen molar-refractivity contribution in [2.75, 3.05) is 6.26 Å². The van der Waals surface area contributed by atoms with Crippen molar-refractivity contribution in [2.45, 2.75) is 10.3 Å². The second kappa shape index (κ2) is 5.88. The van der Waals surface area contributed by atoms with Crippen LogP contribution in [0.15, 0.2) is 41.3 Å². The summed E-state index contributed by atoms with van der Waals surface area (Å²) in [6.45, 7) is 0. The van der Waals surface area contributed by atoms with E-state index in [1.807, 2.05) is 18.4 Å². The zero-order valence-electron chi connectivity index (χ0n) is 9.96. The molecule has 0 N–H and O–H groups in total. The summed E-state index contributed by atoms with van der Waals surface area (Å²) in [5.74, 6) is -2.92. The summed E-state index contributed by atoms with van der Waals surface area (Å²) in [6, 6.07) is 8.29. The SMILES string of the molecule is CSc1ccc(C(Cl)c2c(F)cc(F)cc2F)cc1. The average molecular weight is 303 g/mol. The van der Waals surface area contributed by atoms with E-state index in [1.54, 1.807) is 23.9 Å². The monoisotopic (exact) mass is 302 g/mol. The molecule has 1 unspecified atom stereocenters. The minimum atomic E-state index is -0.989. The largest absolute Gasteiger partial charge is 0.207 e. The Bertz CT molecular complexity index is 561. The third-order valence-electron chi connectivity index (χ3n) is 2.71. The van der Waals surface area contributed by atoms with Gasteiger partial charge in [0.05, 0.1) is 5.38 Å². The Labute approximate surface area is 118 Å². The van der Waals surface area contributed by atoms with Crippen molar-refractivity contribution in [1.82, 2.24) is 0 Å². The first-order valence-corrected chi connectivity index (χ1v) is 7.11. The summed E-state index contributed by atoms with van der Waals surface area (Å²) in [4.78, 5) is 1.02. The molecule has 19 heavy (non-hydrogen) atoms. The predicted octanol–water partition coefficient (Wildman–Crippen LogP) is 5.15. The van der Waals surface area contributed by atoms with Crippen LogP contribution in [0.2, 0.25) is 0 Å². The Hall–Kier alpha value is -1.13. The van der Waals surface area contributed by atoms with Gasteiger partial charge in [0.25, 0.3) is 0 Å². The molecule has 0 spiro atoms. The van der Waals surface area contributed by atoms with E-state index in [0.717, 1.165) is 4.90 Å². The minimum Gasteiger partial charge on any atom is -0.207 e. The molecule has 0 aromatic heterocycles. The van der Waals surface area contributed by atoms with Gasteiger partial charge in [0.1, 0.15) is 17.5 Å². The van der Waals surface area contributed by atoms with E-state index in [4.69, 9.17) is 11.6 Å². The van der Waals surface area contributed by atoms with Gasteiger partial charge in [-0.05, 0) is 24.0 Å². The molecule has 0 saturated heterocycles. The molecule has 0 aliphatic heterocycles. The van der Waals surface area contributed by atoms with Gasteiger partial charge in [0.2, 0.25) is 0 Å². The predicted molar refractivity (Wildman–Crippen MR) is 72.2 cm³/mol. The maximum atomic E-state index is 13.6. The molecule has 100 valence electrons. The lowest BCUT2D eigenvalue weighted by molar-refractivity contribution is 0.526. The molecule has 0 aliphatic rings. The van der Waals surface area contributed by atoms with E-state index < -0.39 is 22.8 Å². The first-order valence-electron chi connectivity index (χ1n) is 5.45. The third-order valence-corrected chi connectivity index (χ3v) is 3.92. The fourth-order valence-corrected chi connectivity index (χ4v) is 2.50. The summed E-state index contributed by atoms with van der Waals surface area (Å²) in [5, 5.41) is -0.989. The number of thioether (sulfide) groups is 1. The van der Waals surface area contributed by atoms with Gasteiger partial charge >= 0.3 is 0 Å². The zero-order chi connectivity index (χ0) is 14.0. The van der Waals surface area contributed by atoms with Gasteiger partial charge in [-0.2, -0.15) is 0 Å². The Kier molecular flexibility index (Phi) is 4.42. The molecule has 2 rings (SSSR count). The van der Waals surface area contributed by atoms with Crippen LogP contribution in [0, 0.1) is 17.5 Å². The highest BCUT2D eigenvalue weighted by molar-refractivity contribution is 7.98. The molecule has 0 saturated carbocycles. The van der Waals surface area contributed by atoms with E-state index in [1.165, 1.54) is 0 Å². The first-order chi connectivity index (χ1) is 9.02. The Morgan fingerprint density at radius 3 is 2.00 bits per heavy atom. The van der Waals surface area contributed by atoms with Gasteiger partial charge in [-0.25, -0.2) is 13.2 Å². The van der Waals surface area contributed by atoms with E-state index in [2.05, 4.69) is 0 Å². The molecule has 0 radical (unpaired) electrons. The summed E-state index contributed by atoms with van der Waals surface area (Å²) >= 11 is 7.63. The Morgan fingerprint density at radius 2 is 1.53 bits per heavy atom. The highest BCUT2D eigenvalue weighted by atomic mass is 35.5. The summed E-state index contributed by atoms with van der Waals surface area (Å²) in [5.41, 5.74) is 0.226. The van der Waals surface area contributed by atoms with Crippen LogP contribution >= 0.6 is 23.4 Å². The lowest BCUT2D eigenvalue weighted by atomic mass is 10.0. The van der Waals surface area contributed by atoms with Crippen molar-refractivity contribution >= 4 is 23.4 Å². The van der Waals surface area contributed by atoms with Crippen molar-refractivity contribution in [2.24, 2.45) is 0 Å². The molecule has 0 bridgehead atoms. The number of alkyl halides is 1. The summed E-state index contributed by atoms with van der Waals surface area (Å²) in [7, 11) is 0. The van der Waals surface area contributed by atoms with Crippen molar-refractivity contribution in [3.63, 3.8) is 0 Å². The van der Waals surface area contributed by atoms with Crippen LogP contribution in [-0.4, -0.2) is 6.26 Å². The van der Waals surface area contributed by atoms with Crippen LogP contribution < -0.4 is 0 Å². The van der Waals surface area contributed by atoms with Gasteiger partial charge < -0.3 is 0 Å². The van der Waals surface area contributed by atoms with Gasteiger partial charge in [-0.1, -0.05) is 12.1 Å². The van der Waals surface area contributed by atoms with Gasteiger partial charge in [-0.15, -0.1) is 23.4 Å². The van der Waals surface area contributed by atoms with Crippen LogP contribution in [0.3, 0.4) is 0 Å². The molecule has 0 fully saturated rings. The molecule has 2 aromatic rings. The smallest absolute Gasteiger partial charge is 0.134 e. The highest BCUT2D eigenvalue weighted by Gasteiger charge is 2.21. The number of hydrogen-bond acceptors (Lipinski definition) is 1. The number of halogens is 4. The van der Waals surface area contributed by atoms with Crippen LogP contribution in [0.1, 0.15) is 16.5 Å². The second-order valence-electron chi connectivity index (χ2n) is 3.92. The highest BCUT2D eigenvalue weighted by Crippen LogP contribution is 2.33. The number of rotatable bonds is 3. The fraction of sp³-hybridized carbons (Fsp3) is 0.143. The van der Waals surface area contributed by atoms with E-state index >= 15 is 0 Å². The summed E-state index contributed by atoms with van der Waals surface area (Å²) in [6.07, 6.45) is 1.92. The van der Waals surface area contributed by atoms with Gasteiger partial charge in [0, 0.05) is 22.6 Å². The third kappa shape index (κ3) is 3.07. The maximum Gasteiger partial charge on any atom is 0.134 e. The number of benzene rings is 2. The number of hydrogen-bond donors (Lipinski definition) is 0. The molecule has 2 aromatic carbocycles. The topological polar surface area (TPSA) is 0 Å². The molecule has 0 nitrogen and oxygen atoms in total. The quantitative estimate of drug-likeness (QED) is 0.558. The van der Waals surface area contributed by atoms with Crippen molar-refractivity contribution < 1.29 is 13.2 Å². The molecular formula is C14H10ClF3S. The van der Waals surface area contributed by atoms with Gasteiger partial charge in [0.15, 0.2) is 0 Å². The molecule has 0 amide bonds. The van der Waals surface area contributed by atoms with Crippen LogP contribution in [-0.2, 0) is 0 Å². The van der Waals surface area contributed by atoms with Crippen molar-refractivity contribution in [3.05, 3.63) is 65.0 Å². The van der Waals surface area contributed by atoms with E-state index in [0.29, 0.717) is 17.7 Å². The molecule has 5 heteroatoms. The Morgan fingerprint density at radius 1 is 1.00 bits per heavy atom.